The Balaban J connectivity index is 5.32. The van der Waals surface area contributed by atoms with Gasteiger partial charge < -0.3 is 43.4 Å². The molecule has 0 aliphatic rings. The van der Waals surface area contributed by atoms with Crippen molar-refractivity contribution in [2.45, 2.75) is 70.3 Å². The molecule has 0 heterocycles. The zero-order chi connectivity index (χ0) is 23.4. The lowest BCUT2D eigenvalue weighted by atomic mass is 10.0. The molecule has 0 saturated heterocycles. The molecule has 0 unspecified atom stereocenters. The molecule has 0 bridgehead atoms. The molecular formula is C18H36N6O6. The fourth-order valence-corrected chi connectivity index (χ4v) is 2.64. The molecule has 0 radical (unpaired) electrons. The lowest BCUT2D eigenvalue weighted by Gasteiger charge is -2.26. The van der Waals surface area contributed by atoms with Gasteiger partial charge in [0.15, 0.2) is 6.04 Å². The van der Waals surface area contributed by atoms with E-state index < -0.39 is 54.0 Å². The number of aliphatic hydroxyl groups is 1. The minimum absolute atomic E-state index is 0.0265. The van der Waals surface area contributed by atoms with E-state index in [9.17, 15) is 24.3 Å². The molecule has 0 aromatic carbocycles. The smallest absolute Gasteiger partial charge is 0.328 e. The van der Waals surface area contributed by atoms with E-state index in [-0.39, 0.29) is 38.3 Å². The van der Waals surface area contributed by atoms with Crippen LogP contribution >= 0.6 is 0 Å². The van der Waals surface area contributed by atoms with E-state index in [1.54, 1.807) is 0 Å². The third-order valence-electron chi connectivity index (χ3n) is 4.29. The average Bonchev–Trinajstić information content (AvgIpc) is 2.63. The monoisotopic (exact) mass is 432 g/mol. The van der Waals surface area contributed by atoms with E-state index in [1.165, 1.54) is 6.92 Å². The lowest BCUT2D eigenvalue weighted by Crippen LogP contribution is -2.58. The number of hydrogen-bond acceptors (Lipinski definition) is 8. The average molecular weight is 433 g/mol. The first-order valence-electron chi connectivity index (χ1n) is 9.92. The van der Waals surface area contributed by atoms with E-state index in [4.69, 9.17) is 22.3 Å². The molecule has 0 rings (SSSR count). The van der Waals surface area contributed by atoms with Crippen LogP contribution < -0.4 is 33.2 Å². The van der Waals surface area contributed by atoms with Gasteiger partial charge in [-0.15, -0.1) is 0 Å². The number of rotatable bonds is 14. The van der Waals surface area contributed by atoms with Crippen LogP contribution in [0.5, 0.6) is 0 Å². The van der Waals surface area contributed by atoms with Crippen LogP contribution in [0.2, 0.25) is 0 Å². The standard InChI is InChI=1S/C18H36N6O6/c1-9(2)8-13(23-15(26)11(21)4-6-19)17(28)22-12(5-7-20)16(27)24-14(10(3)25)18(29)30/h9-14,25H,4-8,19-21H2,1-3H3,(H,22,28)(H,23,26)(H,24,27)(H,29,30)/t10-,11+,12+,13-,14+/m1/s1. The second-order valence-corrected chi connectivity index (χ2v) is 7.58. The summed E-state index contributed by atoms with van der Waals surface area (Å²) in [7, 11) is 0. The van der Waals surface area contributed by atoms with Gasteiger partial charge in [-0.25, -0.2) is 4.79 Å². The van der Waals surface area contributed by atoms with E-state index in [1.807, 2.05) is 13.8 Å². The Morgan fingerprint density at radius 2 is 1.33 bits per heavy atom. The fraction of sp³-hybridized carbons (Fsp3) is 0.778. The first-order chi connectivity index (χ1) is 13.9. The molecule has 0 aromatic rings. The maximum absolute atomic E-state index is 12.8. The summed E-state index contributed by atoms with van der Waals surface area (Å²) in [6.45, 7) is 5.18. The van der Waals surface area contributed by atoms with Gasteiger partial charge in [0, 0.05) is 0 Å². The van der Waals surface area contributed by atoms with Crippen LogP contribution in [0.3, 0.4) is 0 Å². The van der Waals surface area contributed by atoms with Crippen LogP contribution in [0.1, 0.15) is 40.0 Å². The van der Waals surface area contributed by atoms with Crippen molar-refractivity contribution in [3.8, 4) is 0 Å². The van der Waals surface area contributed by atoms with Crippen molar-refractivity contribution in [3.63, 3.8) is 0 Å². The van der Waals surface area contributed by atoms with Crippen LogP contribution in [-0.2, 0) is 19.2 Å². The minimum Gasteiger partial charge on any atom is -0.480 e. The van der Waals surface area contributed by atoms with Crippen molar-refractivity contribution >= 4 is 23.7 Å². The van der Waals surface area contributed by atoms with Gasteiger partial charge in [-0.3, -0.25) is 14.4 Å². The van der Waals surface area contributed by atoms with E-state index in [0.717, 1.165) is 0 Å². The van der Waals surface area contributed by atoms with E-state index in [2.05, 4.69) is 16.0 Å². The molecule has 12 nitrogen and oxygen atoms in total. The number of carboxylic acid groups (broad SMARTS) is 1. The summed E-state index contributed by atoms with van der Waals surface area (Å²) in [4.78, 5) is 48.6. The van der Waals surface area contributed by atoms with Crippen LogP contribution in [-0.4, -0.2) is 77.3 Å². The number of amides is 3. The second-order valence-electron chi connectivity index (χ2n) is 7.58. The predicted molar refractivity (Wildman–Crippen MR) is 110 cm³/mol. The topological polar surface area (TPSA) is 223 Å². The van der Waals surface area contributed by atoms with Crippen molar-refractivity contribution < 1.29 is 29.4 Å². The van der Waals surface area contributed by atoms with Gasteiger partial charge in [0.25, 0.3) is 0 Å². The van der Waals surface area contributed by atoms with Gasteiger partial charge in [-0.2, -0.15) is 0 Å². The summed E-state index contributed by atoms with van der Waals surface area (Å²) < 4.78 is 0. The highest BCUT2D eigenvalue weighted by molar-refractivity contribution is 5.94. The highest BCUT2D eigenvalue weighted by atomic mass is 16.4. The Morgan fingerprint density at radius 3 is 1.77 bits per heavy atom. The maximum atomic E-state index is 12.8. The highest BCUT2D eigenvalue weighted by Gasteiger charge is 2.31. The van der Waals surface area contributed by atoms with Crippen LogP contribution in [0, 0.1) is 5.92 Å². The molecule has 0 aliphatic heterocycles. The molecular weight excluding hydrogens is 396 g/mol. The molecule has 0 spiro atoms. The number of nitrogens with two attached hydrogens (primary N) is 3. The molecule has 0 saturated carbocycles. The van der Waals surface area contributed by atoms with Crippen molar-refractivity contribution in [2.24, 2.45) is 23.1 Å². The number of aliphatic hydroxyl groups excluding tert-OH is 1. The summed E-state index contributed by atoms with van der Waals surface area (Å²) in [6, 6.07) is -4.52. The minimum atomic E-state index is -1.55. The summed E-state index contributed by atoms with van der Waals surface area (Å²) in [5, 5.41) is 25.9. The van der Waals surface area contributed by atoms with Gasteiger partial charge in [0.2, 0.25) is 17.7 Å². The van der Waals surface area contributed by atoms with Crippen LogP contribution in [0.25, 0.3) is 0 Å². The Morgan fingerprint density at radius 1 is 0.833 bits per heavy atom. The third kappa shape index (κ3) is 9.96. The molecule has 0 aromatic heterocycles. The van der Waals surface area contributed by atoms with Gasteiger partial charge in [0.05, 0.1) is 12.1 Å². The van der Waals surface area contributed by atoms with Gasteiger partial charge in [0.1, 0.15) is 12.1 Å². The Hall–Kier alpha value is -2.28. The number of nitrogens with one attached hydrogen (secondary N) is 3. The lowest BCUT2D eigenvalue weighted by molar-refractivity contribution is -0.145. The molecule has 0 fully saturated rings. The number of carbonyl (C=O) groups is 4. The second kappa shape index (κ2) is 13.9. The Labute approximate surface area is 176 Å². The van der Waals surface area contributed by atoms with Crippen LogP contribution in [0.15, 0.2) is 0 Å². The quantitative estimate of drug-likeness (QED) is 0.140. The van der Waals surface area contributed by atoms with E-state index in [0.29, 0.717) is 0 Å². The number of carboxylic acids is 1. The first-order valence-corrected chi connectivity index (χ1v) is 9.92. The molecule has 3 amide bonds. The van der Waals surface area contributed by atoms with Crippen molar-refractivity contribution in [1.29, 1.82) is 0 Å². The maximum Gasteiger partial charge on any atom is 0.328 e. The van der Waals surface area contributed by atoms with Crippen molar-refractivity contribution in [1.82, 2.24) is 16.0 Å². The summed E-state index contributed by atoms with van der Waals surface area (Å²) in [6.07, 6.45) is -0.790. The summed E-state index contributed by atoms with van der Waals surface area (Å²) in [5.41, 5.74) is 16.6. The Bertz CT molecular complexity index is 586. The normalized spacial score (nSPS) is 16.1. The zero-order valence-electron chi connectivity index (χ0n) is 17.8. The summed E-state index contributed by atoms with van der Waals surface area (Å²) in [5.74, 6) is -3.36. The van der Waals surface area contributed by atoms with Crippen LogP contribution in [0.4, 0.5) is 0 Å². The zero-order valence-corrected chi connectivity index (χ0v) is 17.8. The van der Waals surface area contributed by atoms with Gasteiger partial charge >= 0.3 is 5.97 Å². The van der Waals surface area contributed by atoms with E-state index >= 15 is 0 Å². The molecule has 5 atom stereocenters. The molecule has 12 heteroatoms. The van der Waals surface area contributed by atoms with Crippen molar-refractivity contribution in [3.05, 3.63) is 0 Å². The SMILES string of the molecule is CC(C)C[C@@H](NC(=O)[C@@H](N)CCN)C(=O)N[C@@H](CCN)C(=O)N[C@H](C(=O)O)[C@@H](C)O. The predicted octanol–water partition coefficient (Wildman–Crippen LogP) is -3.02. The van der Waals surface area contributed by atoms with Gasteiger partial charge in [-0.05, 0) is 45.2 Å². The Kier molecular flexibility index (Phi) is 12.8. The molecule has 174 valence electrons. The molecule has 11 N–H and O–H groups in total. The molecule has 0 aliphatic carbocycles. The number of hydrogen-bond donors (Lipinski definition) is 8. The third-order valence-corrected chi connectivity index (χ3v) is 4.29. The largest absolute Gasteiger partial charge is 0.480 e. The molecule has 30 heavy (non-hydrogen) atoms. The highest BCUT2D eigenvalue weighted by Crippen LogP contribution is 2.07. The van der Waals surface area contributed by atoms with Gasteiger partial charge in [-0.1, -0.05) is 13.8 Å². The summed E-state index contributed by atoms with van der Waals surface area (Å²) >= 11 is 0. The number of carbonyl (C=O) groups excluding carboxylic acids is 3. The number of aliphatic carboxylic acids is 1. The van der Waals surface area contributed by atoms with Crippen molar-refractivity contribution in [2.75, 3.05) is 13.1 Å². The first kappa shape index (κ1) is 27.7. The fourth-order valence-electron chi connectivity index (χ4n) is 2.64.